The molecular formula is C22H20N2O3. The van der Waals surface area contributed by atoms with Gasteiger partial charge in [-0.2, -0.15) is 5.10 Å². The highest BCUT2D eigenvalue weighted by atomic mass is 16.5. The van der Waals surface area contributed by atoms with Gasteiger partial charge in [-0.1, -0.05) is 36.4 Å². The SMILES string of the molecule is CCOC(=O)c1nn(C)c(-c2cccc(-c3cc4ccccc4o3)c2)c1C. The van der Waals surface area contributed by atoms with Gasteiger partial charge in [-0.15, -0.1) is 0 Å². The Balaban J connectivity index is 1.78. The molecule has 0 aliphatic carbocycles. The number of hydrogen-bond acceptors (Lipinski definition) is 4. The Kier molecular flexibility index (Phi) is 4.28. The molecule has 0 N–H and O–H groups in total. The molecule has 0 radical (unpaired) electrons. The van der Waals surface area contributed by atoms with Crippen molar-refractivity contribution in [1.82, 2.24) is 9.78 Å². The fourth-order valence-electron chi connectivity index (χ4n) is 3.37. The minimum Gasteiger partial charge on any atom is -0.461 e. The average molecular weight is 360 g/mol. The number of carbonyl (C=O) groups is 1. The van der Waals surface area contributed by atoms with Crippen LogP contribution in [0, 0.1) is 6.92 Å². The molecule has 27 heavy (non-hydrogen) atoms. The third kappa shape index (κ3) is 3.01. The van der Waals surface area contributed by atoms with E-state index in [4.69, 9.17) is 9.15 Å². The van der Waals surface area contributed by atoms with Crippen LogP contribution in [0.25, 0.3) is 33.6 Å². The second kappa shape index (κ2) is 6.76. The van der Waals surface area contributed by atoms with E-state index >= 15 is 0 Å². The zero-order valence-corrected chi connectivity index (χ0v) is 15.5. The van der Waals surface area contributed by atoms with Gasteiger partial charge in [0.05, 0.1) is 12.3 Å². The number of furan rings is 1. The highest BCUT2D eigenvalue weighted by Gasteiger charge is 2.21. The van der Waals surface area contributed by atoms with Crippen molar-refractivity contribution < 1.29 is 13.9 Å². The van der Waals surface area contributed by atoms with Gasteiger partial charge in [-0.3, -0.25) is 4.68 Å². The molecule has 136 valence electrons. The lowest BCUT2D eigenvalue weighted by atomic mass is 10.0. The van der Waals surface area contributed by atoms with Crippen molar-refractivity contribution in [3.8, 4) is 22.6 Å². The van der Waals surface area contributed by atoms with Crippen LogP contribution in [-0.2, 0) is 11.8 Å². The topological polar surface area (TPSA) is 57.3 Å². The molecule has 0 aliphatic rings. The van der Waals surface area contributed by atoms with Crippen molar-refractivity contribution in [2.75, 3.05) is 6.61 Å². The molecule has 5 nitrogen and oxygen atoms in total. The monoisotopic (exact) mass is 360 g/mol. The van der Waals surface area contributed by atoms with Crippen molar-refractivity contribution in [2.45, 2.75) is 13.8 Å². The van der Waals surface area contributed by atoms with Crippen molar-refractivity contribution in [2.24, 2.45) is 7.05 Å². The maximum absolute atomic E-state index is 12.1. The lowest BCUT2D eigenvalue weighted by molar-refractivity contribution is 0.0517. The zero-order valence-electron chi connectivity index (χ0n) is 15.5. The van der Waals surface area contributed by atoms with Crippen LogP contribution < -0.4 is 0 Å². The first-order valence-electron chi connectivity index (χ1n) is 8.88. The smallest absolute Gasteiger partial charge is 0.359 e. The Labute approximate surface area is 157 Å². The predicted molar refractivity (Wildman–Crippen MR) is 105 cm³/mol. The van der Waals surface area contributed by atoms with E-state index in [2.05, 4.69) is 11.2 Å². The molecule has 0 atom stereocenters. The van der Waals surface area contributed by atoms with Crippen molar-refractivity contribution in [3.05, 3.63) is 65.9 Å². The number of esters is 1. The van der Waals surface area contributed by atoms with E-state index in [0.29, 0.717) is 12.3 Å². The molecule has 4 aromatic rings. The number of ether oxygens (including phenoxy) is 1. The first-order chi connectivity index (χ1) is 13.1. The number of para-hydroxylation sites is 1. The van der Waals surface area contributed by atoms with Crippen LogP contribution in [0.3, 0.4) is 0 Å². The first kappa shape index (κ1) is 17.1. The summed E-state index contributed by atoms with van der Waals surface area (Å²) in [7, 11) is 1.83. The molecule has 2 heterocycles. The Morgan fingerprint density at radius 2 is 1.89 bits per heavy atom. The molecule has 0 fully saturated rings. The van der Waals surface area contributed by atoms with E-state index in [1.165, 1.54) is 0 Å². The molecule has 0 saturated carbocycles. The molecule has 2 aromatic carbocycles. The molecule has 4 rings (SSSR count). The molecule has 0 spiro atoms. The molecule has 0 bridgehead atoms. The normalized spacial score (nSPS) is 11.1. The molecular weight excluding hydrogens is 340 g/mol. The molecule has 0 saturated heterocycles. The summed E-state index contributed by atoms with van der Waals surface area (Å²) >= 11 is 0. The van der Waals surface area contributed by atoms with Crippen LogP contribution in [0.4, 0.5) is 0 Å². The highest BCUT2D eigenvalue weighted by Crippen LogP contribution is 2.32. The molecule has 0 unspecified atom stereocenters. The second-order valence-corrected chi connectivity index (χ2v) is 6.40. The van der Waals surface area contributed by atoms with Crippen LogP contribution in [0.1, 0.15) is 23.0 Å². The summed E-state index contributed by atoms with van der Waals surface area (Å²) in [5.41, 5.74) is 4.84. The number of nitrogens with zero attached hydrogens (tertiary/aromatic N) is 2. The van der Waals surface area contributed by atoms with Gasteiger partial charge in [0.15, 0.2) is 5.69 Å². The Morgan fingerprint density at radius 1 is 1.11 bits per heavy atom. The van der Waals surface area contributed by atoms with Crippen LogP contribution in [0.15, 0.2) is 59.0 Å². The van der Waals surface area contributed by atoms with Crippen molar-refractivity contribution in [3.63, 3.8) is 0 Å². The standard InChI is InChI=1S/C22H20N2O3/c1-4-26-22(25)20-14(2)21(24(3)23-20)17-10-7-9-15(12-17)19-13-16-8-5-6-11-18(16)27-19/h5-13H,4H2,1-3H3. The molecule has 0 aliphatic heterocycles. The van der Waals surface area contributed by atoms with Crippen LogP contribution in [-0.4, -0.2) is 22.4 Å². The van der Waals surface area contributed by atoms with E-state index in [-0.39, 0.29) is 0 Å². The maximum atomic E-state index is 12.1. The fraction of sp³-hybridized carbons (Fsp3) is 0.182. The van der Waals surface area contributed by atoms with Gasteiger partial charge >= 0.3 is 5.97 Å². The number of carbonyl (C=O) groups excluding carboxylic acids is 1. The summed E-state index contributed by atoms with van der Waals surface area (Å²) in [6, 6.07) is 18.0. The van der Waals surface area contributed by atoms with Gasteiger partial charge in [-0.05, 0) is 32.0 Å². The number of rotatable bonds is 4. The summed E-state index contributed by atoms with van der Waals surface area (Å²) in [6.45, 7) is 4.00. The van der Waals surface area contributed by atoms with Crippen LogP contribution in [0.2, 0.25) is 0 Å². The highest BCUT2D eigenvalue weighted by molar-refractivity contribution is 5.91. The summed E-state index contributed by atoms with van der Waals surface area (Å²) in [5.74, 6) is 0.411. The zero-order chi connectivity index (χ0) is 19.0. The lowest BCUT2D eigenvalue weighted by Gasteiger charge is -2.06. The molecule has 2 aromatic heterocycles. The van der Waals surface area contributed by atoms with E-state index in [9.17, 15) is 4.79 Å². The van der Waals surface area contributed by atoms with Crippen LogP contribution in [0.5, 0.6) is 0 Å². The Morgan fingerprint density at radius 3 is 2.67 bits per heavy atom. The van der Waals surface area contributed by atoms with Gasteiger partial charge in [0.1, 0.15) is 11.3 Å². The Bertz CT molecular complexity index is 1100. The molecule has 5 heteroatoms. The third-order valence-electron chi connectivity index (χ3n) is 4.60. The summed E-state index contributed by atoms with van der Waals surface area (Å²) < 4.78 is 12.8. The molecule has 0 amide bonds. The van der Waals surface area contributed by atoms with E-state index < -0.39 is 5.97 Å². The van der Waals surface area contributed by atoms with Gasteiger partial charge in [0.2, 0.25) is 0 Å². The van der Waals surface area contributed by atoms with Crippen LogP contribution >= 0.6 is 0 Å². The number of aromatic nitrogens is 2. The van der Waals surface area contributed by atoms with Gasteiger partial charge < -0.3 is 9.15 Å². The van der Waals surface area contributed by atoms with Gasteiger partial charge in [0, 0.05) is 29.1 Å². The van der Waals surface area contributed by atoms with E-state index in [1.807, 2.05) is 62.5 Å². The van der Waals surface area contributed by atoms with Gasteiger partial charge in [-0.25, -0.2) is 4.79 Å². The summed E-state index contributed by atoms with van der Waals surface area (Å²) in [6.07, 6.45) is 0. The van der Waals surface area contributed by atoms with Crippen molar-refractivity contribution >= 4 is 16.9 Å². The van der Waals surface area contributed by atoms with E-state index in [1.54, 1.807) is 11.6 Å². The largest absolute Gasteiger partial charge is 0.461 e. The number of benzene rings is 2. The third-order valence-corrected chi connectivity index (χ3v) is 4.60. The minimum atomic E-state index is -0.398. The average Bonchev–Trinajstić information content (AvgIpc) is 3.23. The second-order valence-electron chi connectivity index (χ2n) is 6.40. The number of fused-ring (bicyclic) bond motifs is 1. The van der Waals surface area contributed by atoms with Gasteiger partial charge in [0.25, 0.3) is 0 Å². The number of hydrogen-bond donors (Lipinski definition) is 0. The fourth-order valence-corrected chi connectivity index (χ4v) is 3.37. The number of aryl methyl sites for hydroxylation is 1. The summed E-state index contributed by atoms with van der Waals surface area (Å²) in [5, 5.41) is 5.43. The van der Waals surface area contributed by atoms with E-state index in [0.717, 1.165) is 39.1 Å². The minimum absolute atomic E-state index is 0.325. The Hall–Kier alpha value is -3.34. The van der Waals surface area contributed by atoms with Crippen molar-refractivity contribution in [1.29, 1.82) is 0 Å². The predicted octanol–water partition coefficient (Wildman–Crippen LogP) is 4.99. The summed E-state index contributed by atoms with van der Waals surface area (Å²) in [4.78, 5) is 12.1. The first-order valence-corrected chi connectivity index (χ1v) is 8.88. The lowest BCUT2D eigenvalue weighted by Crippen LogP contribution is -2.07. The maximum Gasteiger partial charge on any atom is 0.359 e. The quantitative estimate of drug-likeness (QED) is 0.481.